The van der Waals surface area contributed by atoms with Crippen LogP contribution in [0.3, 0.4) is 0 Å². The molecule has 0 aliphatic carbocycles. The van der Waals surface area contributed by atoms with E-state index in [1.54, 1.807) is 18.2 Å². The molecule has 0 amide bonds. The molecule has 0 fully saturated rings. The maximum Gasteiger partial charge on any atom is 0.344 e. The summed E-state index contributed by atoms with van der Waals surface area (Å²) in [6, 6.07) is 4.48. The van der Waals surface area contributed by atoms with Gasteiger partial charge in [0, 0.05) is 10.9 Å². The Morgan fingerprint density at radius 2 is 1.86 bits per heavy atom. The summed E-state index contributed by atoms with van der Waals surface area (Å²) >= 11 is 3.13. The fraction of sp³-hybridized carbons (Fsp3) is 0.111. The monoisotopic (exact) mass is 266 g/mol. The summed E-state index contributed by atoms with van der Waals surface area (Å²) in [5, 5.41) is 0.407. The van der Waals surface area contributed by atoms with Gasteiger partial charge in [0.25, 0.3) is 0 Å². The van der Waals surface area contributed by atoms with Gasteiger partial charge in [-0.25, -0.2) is 0 Å². The second kappa shape index (κ2) is 5.05. The van der Waals surface area contributed by atoms with Crippen LogP contribution in [-0.2, 0) is 5.33 Å². The molecule has 0 saturated heterocycles. The van der Waals surface area contributed by atoms with Gasteiger partial charge in [-0.15, -0.1) is 0 Å². The Morgan fingerprint density at radius 1 is 1.21 bits per heavy atom. The number of benzene rings is 1. The summed E-state index contributed by atoms with van der Waals surface area (Å²) in [5.74, 6) is 0.0784. The molecule has 0 saturated carbocycles. The first kappa shape index (κ1) is 11.1. The zero-order valence-corrected chi connectivity index (χ0v) is 8.52. The zero-order chi connectivity index (χ0) is 10.6. The minimum absolute atomic E-state index is 0.0784. The van der Waals surface area contributed by atoms with Crippen molar-refractivity contribution in [2.75, 3.05) is 0 Å². The van der Waals surface area contributed by atoms with Gasteiger partial charge in [0.1, 0.15) is 5.75 Å². The number of hydrogen-bond donors (Lipinski definition) is 0. The standard InChI is InChI=1S/C9H6BrF3O/c10-5-6-3-1-2-4-7(6)14-9(13)8(11)12/h1-4H,5H2. The summed E-state index contributed by atoms with van der Waals surface area (Å²) in [5.41, 5.74) is 0.601. The van der Waals surface area contributed by atoms with Gasteiger partial charge in [-0.05, 0) is 6.07 Å². The first-order valence-corrected chi connectivity index (χ1v) is 4.79. The zero-order valence-electron chi connectivity index (χ0n) is 6.94. The third-order valence-electron chi connectivity index (χ3n) is 1.46. The first-order chi connectivity index (χ1) is 6.65. The van der Waals surface area contributed by atoms with Crippen LogP contribution in [-0.4, -0.2) is 0 Å². The number of ether oxygens (including phenoxy) is 1. The van der Waals surface area contributed by atoms with Gasteiger partial charge in [-0.2, -0.15) is 13.2 Å². The molecule has 0 atom stereocenters. The fourth-order valence-corrected chi connectivity index (χ4v) is 1.31. The van der Waals surface area contributed by atoms with Crippen molar-refractivity contribution in [3.63, 3.8) is 0 Å². The van der Waals surface area contributed by atoms with Gasteiger partial charge < -0.3 is 4.74 Å². The van der Waals surface area contributed by atoms with Gasteiger partial charge in [-0.1, -0.05) is 34.1 Å². The Labute approximate surface area is 87.3 Å². The second-order valence-electron chi connectivity index (χ2n) is 2.38. The van der Waals surface area contributed by atoms with Crippen LogP contribution in [0, 0.1) is 0 Å². The van der Waals surface area contributed by atoms with Gasteiger partial charge in [0.2, 0.25) is 0 Å². The molecule has 0 heterocycles. The van der Waals surface area contributed by atoms with E-state index in [9.17, 15) is 13.2 Å². The van der Waals surface area contributed by atoms with E-state index in [-0.39, 0.29) is 5.75 Å². The average Bonchev–Trinajstić information content (AvgIpc) is 2.18. The highest BCUT2D eigenvalue weighted by atomic mass is 79.9. The van der Waals surface area contributed by atoms with Crippen LogP contribution in [0.1, 0.15) is 5.56 Å². The molecule has 5 heteroatoms. The summed E-state index contributed by atoms with van der Waals surface area (Å²) < 4.78 is 40.2. The van der Waals surface area contributed by atoms with Gasteiger partial charge in [-0.3, -0.25) is 0 Å². The molecule has 14 heavy (non-hydrogen) atoms. The predicted octanol–water partition coefficient (Wildman–Crippen LogP) is 4.00. The maximum atomic E-state index is 12.4. The summed E-state index contributed by atoms with van der Waals surface area (Å²) in [7, 11) is 0. The Balaban J connectivity index is 2.91. The van der Waals surface area contributed by atoms with Crippen molar-refractivity contribution in [1.29, 1.82) is 0 Å². The van der Waals surface area contributed by atoms with E-state index >= 15 is 0 Å². The predicted molar refractivity (Wildman–Crippen MR) is 50.1 cm³/mol. The molecule has 76 valence electrons. The van der Waals surface area contributed by atoms with Crippen molar-refractivity contribution in [3.05, 3.63) is 41.9 Å². The second-order valence-corrected chi connectivity index (χ2v) is 2.94. The van der Waals surface area contributed by atoms with E-state index in [0.29, 0.717) is 10.9 Å². The minimum Gasteiger partial charge on any atom is -0.428 e. The molecule has 0 aromatic heterocycles. The molecular formula is C9H6BrF3O. The molecule has 1 nitrogen and oxygen atoms in total. The van der Waals surface area contributed by atoms with Crippen LogP contribution in [0.15, 0.2) is 36.4 Å². The smallest absolute Gasteiger partial charge is 0.344 e. The number of hydrogen-bond acceptors (Lipinski definition) is 1. The Hall–Kier alpha value is -0.970. The molecular weight excluding hydrogens is 261 g/mol. The highest BCUT2D eigenvalue weighted by Gasteiger charge is 2.09. The van der Waals surface area contributed by atoms with Gasteiger partial charge >= 0.3 is 12.1 Å². The molecule has 0 N–H and O–H groups in total. The molecule has 1 aromatic carbocycles. The van der Waals surface area contributed by atoms with E-state index in [0.717, 1.165) is 0 Å². The van der Waals surface area contributed by atoms with Gasteiger partial charge in [0.05, 0.1) is 0 Å². The Kier molecular flexibility index (Phi) is 4.00. The number of para-hydroxylation sites is 1. The van der Waals surface area contributed by atoms with Crippen LogP contribution < -0.4 is 4.74 Å². The summed E-state index contributed by atoms with van der Waals surface area (Å²) in [6.45, 7) is 0. The van der Waals surface area contributed by atoms with Crippen LogP contribution in [0.5, 0.6) is 5.75 Å². The topological polar surface area (TPSA) is 9.23 Å². The molecule has 0 aliphatic heterocycles. The van der Waals surface area contributed by atoms with E-state index in [4.69, 9.17) is 0 Å². The summed E-state index contributed by atoms with van der Waals surface area (Å²) in [6.07, 6.45) is -2.46. The highest BCUT2D eigenvalue weighted by molar-refractivity contribution is 9.08. The van der Waals surface area contributed by atoms with E-state index in [2.05, 4.69) is 20.7 Å². The molecule has 0 unspecified atom stereocenters. The Morgan fingerprint density at radius 3 is 2.43 bits per heavy atom. The number of alkyl halides is 1. The van der Waals surface area contributed by atoms with E-state index in [1.807, 2.05) is 0 Å². The third-order valence-corrected chi connectivity index (χ3v) is 2.07. The normalized spacial score (nSPS) is 9.71. The van der Waals surface area contributed by atoms with Crippen LogP contribution in [0.25, 0.3) is 0 Å². The van der Waals surface area contributed by atoms with Crippen molar-refractivity contribution in [2.45, 2.75) is 5.33 Å². The lowest BCUT2D eigenvalue weighted by molar-refractivity contribution is 0.240. The average molecular weight is 267 g/mol. The summed E-state index contributed by atoms with van der Waals surface area (Å²) in [4.78, 5) is 0. The maximum absolute atomic E-state index is 12.4. The van der Waals surface area contributed by atoms with Crippen molar-refractivity contribution in [1.82, 2.24) is 0 Å². The lowest BCUT2D eigenvalue weighted by Crippen LogP contribution is -1.93. The molecule has 0 bridgehead atoms. The first-order valence-electron chi connectivity index (χ1n) is 3.67. The largest absolute Gasteiger partial charge is 0.428 e. The van der Waals surface area contributed by atoms with Crippen molar-refractivity contribution < 1.29 is 17.9 Å². The van der Waals surface area contributed by atoms with Crippen LogP contribution in [0.2, 0.25) is 0 Å². The van der Waals surface area contributed by atoms with Crippen LogP contribution in [0.4, 0.5) is 13.2 Å². The lowest BCUT2D eigenvalue weighted by Gasteiger charge is -2.05. The van der Waals surface area contributed by atoms with Crippen molar-refractivity contribution in [2.24, 2.45) is 0 Å². The third kappa shape index (κ3) is 2.77. The molecule has 0 spiro atoms. The highest BCUT2D eigenvalue weighted by Crippen LogP contribution is 2.24. The van der Waals surface area contributed by atoms with E-state index < -0.39 is 12.1 Å². The SMILES string of the molecule is FC(F)=C(F)Oc1ccccc1CBr. The lowest BCUT2D eigenvalue weighted by atomic mass is 10.2. The molecule has 0 radical (unpaired) electrons. The Bertz CT molecular complexity index is 348. The number of halogens is 4. The fourth-order valence-electron chi connectivity index (χ4n) is 0.849. The van der Waals surface area contributed by atoms with E-state index in [1.165, 1.54) is 6.07 Å². The minimum atomic E-state index is -2.46. The van der Waals surface area contributed by atoms with Crippen molar-refractivity contribution in [3.8, 4) is 5.75 Å². The van der Waals surface area contributed by atoms with Crippen LogP contribution >= 0.6 is 15.9 Å². The molecule has 1 rings (SSSR count). The molecule has 0 aliphatic rings. The quantitative estimate of drug-likeness (QED) is 0.594. The number of rotatable bonds is 3. The molecule has 1 aromatic rings. The van der Waals surface area contributed by atoms with Gasteiger partial charge in [0.15, 0.2) is 0 Å². The van der Waals surface area contributed by atoms with Crippen molar-refractivity contribution >= 4 is 15.9 Å².